The van der Waals surface area contributed by atoms with Crippen LogP contribution in [0.25, 0.3) is 0 Å². The zero-order chi connectivity index (χ0) is 14.7. The Labute approximate surface area is 115 Å². The molecule has 110 valence electrons. The largest absolute Gasteiger partial charge is 0.465 e. The Hall–Kier alpha value is -1.67. The van der Waals surface area contributed by atoms with Gasteiger partial charge in [-0.05, 0) is 12.1 Å². The number of hydrogen-bond donors (Lipinski definition) is 3. The molecule has 4 atom stereocenters. The van der Waals surface area contributed by atoms with E-state index < -0.39 is 30.6 Å². The van der Waals surface area contributed by atoms with Crippen molar-refractivity contribution in [3.8, 4) is 5.75 Å². The highest BCUT2D eigenvalue weighted by Gasteiger charge is 2.39. The summed E-state index contributed by atoms with van der Waals surface area (Å²) in [6.45, 7) is -0.177. The summed E-state index contributed by atoms with van der Waals surface area (Å²) in [5, 5.41) is 28.7. The van der Waals surface area contributed by atoms with Crippen molar-refractivity contribution in [3.05, 3.63) is 29.8 Å². The van der Waals surface area contributed by atoms with Gasteiger partial charge in [0.25, 0.3) is 0 Å². The third kappa shape index (κ3) is 2.91. The number of para-hydroxylation sites is 1. The van der Waals surface area contributed by atoms with Gasteiger partial charge in [0.2, 0.25) is 6.29 Å². The van der Waals surface area contributed by atoms with Crippen LogP contribution in [0, 0.1) is 0 Å². The summed E-state index contributed by atoms with van der Waals surface area (Å²) in [6, 6.07) is 6.29. The van der Waals surface area contributed by atoms with Crippen molar-refractivity contribution in [2.75, 3.05) is 13.7 Å². The molecule has 0 bridgehead atoms. The molecule has 1 saturated heterocycles. The maximum Gasteiger partial charge on any atom is 0.341 e. The van der Waals surface area contributed by atoms with Crippen molar-refractivity contribution in [2.24, 2.45) is 0 Å². The molecule has 0 saturated carbocycles. The van der Waals surface area contributed by atoms with Crippen LogP contribution in [0.3, 0.4) is 0 Å². The SMILES string of the molecule is COC(=O)c1ccccc1O[C@@H]1OC[C@@H](O)[C@H](O)[C@H]1O. The van der Waals surface area contributed by atoms with Crippen LogP contribution in [-0.4, -0.2) is 59.6 Å². The smallest absolute Gasteiger partial charge is 0.341 e. The minimum atomic E-state index is -1.43. The second-order valence-corrected chi connectivity index (χ2v) is 4.36. The van der Waals surface area contributed by atoms with E-state index in [1.807, 2.05) is 0 Å². The topological polar surface area (TPSA) is 105 Å². The molecule has 1 heterocycles. The highest BCUT2D eigenvalue weighted by Crippen LogP contribution is 2.24. The summed E-state index contributed by atoms with van der Waals surface area (Å²) in [5.74, 6) is -0.432. The average molecular weight is 284 g/mol. The van der Waals surface area contributed by atoms with Crippen molar-refractivity contribution in [3.63, 3.8) is 0 Å². The molecule has 0 amide bonds. The summed E-state index contributed by atoms with van der Waals surface area (Å²) in [7, 11) is 1.24. The first-order valence-electron chi connectivity index (χ1n) is 6.04. The second-order valence-electron chi connectivity index (χ2n) is 4.36. The Morgan fingerprint density at radius 2 is 1.95 bits per heavy atom. The molecule has 0 radical (unpaired) electrons. The maximum absolute atomic E-state index is 11.6. The number of aliphatic hydroxyl groups is 3. The summed E-state index contributed by atoms with van der Waals surface area (Å²) in [4.78, 5) is 11.6. The van der Waals surface area contributed by atoms with Gasteiger partial charge in [0.1, 0.15) is 29.6 Å². The molecule has 0 aromatic heterocycles. The molecule has 0 aliphatic carbocycles. The van der Waals surface area contributed by atoms with Crippen LogP contribution in [-0.2, 0) is 9.47 Å². The van der Waals surface area contributed by atoms with E-state index in [1.165, 1.54) is 19.2 Å². The fourth-order valence-electron chi connectivity index (χ4n) is 1.86. The Kier molecular flexibility index (Phi) is 4.56. The molecule has 1 aromatic rings. The zero-order valence-corrected chi connectivity index (χ0v) is 10.8. The quantitative estimate of drug-likeness (QED) is 0.630. The number of benzene rings is 1. The van der Waals surface area contributed by atoms with E-state index in [0.717, 1.165) is 0 Å². The molecule has 3 N–H and O–H groups in total. The first-order chi connectivity index (χ1) is 9.54. The molecule has 1 aliphatic heterocycles. The van der Waals surface area contributed by atoms with Gasteiger partial charge in [-0.25, -0.2) is 4.79 Å². The Morgan fingerprint density at radius 3 is 2.65 bits per heavy atom. The number of esters is 1. The third-order valence-corrected chi connectivity index (χ3v) is 2.99. The highest BCUT2D eigenvalue weighted by molar-refractivity contribution is 5.92. The van der Waals surface area contributed by atoms with Crippen LogP contribution in [0.2, 0.25) is 0 Å². The van der Waals surface area contributed by atoms with Gasteiger partial charge in [0, 0.05) is 0 Å². The van der Waals surface area contributed by atoms with Crippen LogP contribution in [0.15, 0.2) is 24.3 Å². The molecular weight excluding hydrogens is 268 g/mol. The van der Waals surface area contributed by atoms with Crippen molar-refractivity contribution in [2.45, 2.75) is 24.6 Å². The van der Waals surface area contributed by atoms with E-state index in [-0.39, 0.29) is 17.9 Å². The number of carbonyl (C=O) groups is 1. The van der Waals surface area contributed by atoms with E-state index in [2.05, 4.69) is 4.74 Å². The van der Waals surface area contributed by atoms with Crippen molar-refractivity contribution in [1.29, 1.82) is 0 Å². The van der Waals surface area contributed by atoms with Crippen molar-refractivity contribution in [1.82, 2.24) is 0 Å². The van der Waals surface area contributed by atoms with Crippen LogP contribution in [0.1, 0.15) is 10.4 Å². The monoisotopic (exact) mass is 284 g/mol. The summed E-state index contributed by atoms with van der Waals surface area (Å²) >= 11 is 0. The minimum absolute atomic E-state index is 0.159. The molecular formula is C13H16O7. The molecule has 7 nitrogen and oxygen atoms in total. The molecule has 1 aromatic carbocycles. The molecule has 0 unspecified atom stereocenters. The Morgan fingerprint density at radius 1 is 1.25 bits per heavy atom. The number of hydrogen-bond acceptors (Lipinski definition) is 7. The van der Waals surface area contributed by atoms with E-state index >= 15 is 0 Å². The van der Waals surface area contributed by atoms with Gasteiger partial charge in [-0.1, -0.05) is 12.1 Å². The Balaban J connectivity index is 2.16. The molecule has 2 rings (SSSR count). The predicted octanol–water partition coefficient (Wildman–Crippen LogP) is -0.709. The summed E-state index contributed by atoms with van der Waals surface area (Å²) in [5.41, 5.74) is 0.173. The van der Waals surface area contributed by atoms with Crippen LogP contribution < -0.4 is 4.74 Å². The normalized spacial score (nSPS) is 29.8. The fraction of sp³-hybridized carbons (Fsp3) is 0.462. The second kappa shape index (κ2) is 6.19. The van der Waals surface area contributed by atoms with Gasteiger partial charge >= 0.3 is 5.97 Å². The van der Waals surface area contributed by atoms with Crippen LogP contribution in [0.4, 0.5) is 0 Å². The first kappa shape index (κ1) is 14.7. The molecule has 0 spiro atoms. The number of aliphatic hydroxyl groups excluding tert-OH is 3. The number of carbonyl (C=O) groups excluding carboxylic acids is 1. The predicted molar refractivity (Wildman–Crippen MR) is 66.2 cm³/mol. The fourth-order valence-corrected chi connectivity index (χ4v) is 1.86. The van der Waals surface area contributed by atoms with Crippen LogP contribution in [0.5, 0.6) is 5.75 Å². The lowest BCUT2D eigenvalue weighted by atomic mass is 10.1. The van der Waals surface area contributed by atoms with Gasteiger partial charge in [-0.15, -0.1) is 0 Å². The molecule has 20 heavy (non-hydrogen) atoms. The lowest BCUT2D eigenvalue weighted by Gasteiger charge is -2.35. The summed E-state index contributed by atoms with van der Waals surface area (Å²) in [6.07, 6.45) is -5.16. The van der Waals surface area contributed by atoms with Gasteiger partial charge in [-0.3, -0.25) is 0 Å². The molecule has 7 heteroatoms. The number of rotatable bonds is 3. The zero-order valence-electron chi connectivity index (χ0n) is 10.8. The van der Waals surface area contributed by atoms with E-state index in [0.29, 0.717) is 0 Å². The third-order valence-electron chi connectivity index (χ3n) is 2.99. The van der Waals surface area contributed by atoms with Gasteiger partial charge in [0.15, 0.2) is 0 Å². The number of ether oxygens (including phenoxy) is 3. The van der Waals surface area contributed by atoms with Gasteiger partial charge in [0.05, 0.1) is 13.7 Å². The maximum atomic E-state index is 11.6. The van der Waals surface area contributed by atoms with E-state index in [9.17, 15) is 20.1 Å². The average Bonchev–Trinajstić information content (AvgIpc) is 2.47. The highest BCUT2D eigenvalue weighted by atomic mass is 16.7. The lowest BCUT2D eigenvalue weighted by molar-refractivity contribution is -0.242. The first-order valence-corrected chi connectivity index (χ1v) is 6.04. The van der Waals surface area contributed by atoms with E-state index in [1.54, 1.807) is 12.1 Å². The number of methoxy groups -OCH3 is 1. The summed E-state index contributed by atoms with van der Waals surface area (Å²) < 4.78 is 15.1. The van der Waals surface area contributed by atoms with E-state index in [4.69, 9.17) is 9.47 Å². The minimum Gasteiger partial charge on any atom is -0.465 e. The standard InChI is InChI=1S/C13H16O7/c1-18-12(17)7-4-2-3-5-9(7)20-13-11(16)10(15)8(14)6-19-13/h2-5,8,10-11,13-16H,6H2,1H3/t8-,10+,11-,13+/m1/s1. The van der Waals surface area contributed by atoms with Crippen LogP contribution >= 0.6 is 0 Å². The van der Waals surface area contributed by atoms with Crippen molar-refractivity contribution >= 4 is 5.97 Å². The Bertz CT molecular complexity index is 476. The van der Waals surface area contributed by atoms with Crippen molar-refractivity contribution < 1.29 is 34.3 Å². The van der Waals surface area contributed by atoms with Gasteiger partial charge in [-0.2, -0.15) is 0 Å². The molecule has 1 fully saturated rings. The molecule has 1 aliphatic rings. The lowest BCUT2D eigenvalue weighted by Crippen LogP contribution is -2.54. The van der Waals surface area contributed by atoms with Gasteiger partial charge < -0.3 is 29.5 Å².